The van der Waals surface area contributed by atoms with Crippen LogP contribution in [0.4, 0.5) is 13.2 Å². The van der Waals surface area contributed by atoms with Crippen molar-refractivity contribution in [1.82, 2.24) is 10.3 Å². The number of nitrogens with zero attached hydrogens (tertiary/aromatic N) is 1. The third-order valence-electron chi connectivity index (χ3n) is 3.94. The van der Waals surface area contributed by atoms with Crippen LogP contribution in [0.5, 0.6) is 0 Å². The van der Waals surface area contributed by atoms with Gasteiger partial charge in [-0.15, -0.1) is 0 Å². The molecule has 0 aliphatic heterocycles. The highest BCUT2D eigenvalue weighted by Crippen LogP contribution is 2.31. The van der Waals surface area contributed by atoms with Crippen LogP contribution in [0.15, 0.2) is 18.3 Å². The maximum absolute atomic E-state index is 12.9. The molecule has 1 aliphatic carbocycles. The molecule has 7 heteroatoms. The molecule has 1 amide bonds. The molecule has 122 valence electrons. The predicted octanol–water partition coefficient (Wildman–Crippen LogP) is 2.92. The summed E-state index contributed by atoms with van der Waals surface area (Å²) in [5.74, 6) is -0.911. The van der Waals surface area contributed by atoms with Gasteiger partial charge in [0.1, 0.15) is 5.69 Å². The highest BCUT2D eigenvalue weighted by Gasteiger charge is 2.36. The molecule has 1 fully saturated rings. The number of carbonyl (C=O) groups is 1. The van der Waals surface area contributed by atoms with Crippen molar-refractivity contribution in [3.63, 3.8) is 0 Å². The number of carbonyl (C=O) groups excluding carboxylic acids is 1. The molecule has 1 aromatic rings. The zero-order valence-corrected chi connectivity index (χ0v) is 12.1. The molecular weight excluding hydrogens is 297 g/mol. The zero-order valence-electron chi connectivity index (χ0n) is 12.1. The van der Waals surface area contributed by atoms with Gasteiger partial charge in [0.2, 0.25) is 0 Å². The minimum atomic E-state index is -4.64. The Morgan fingerprint density at radius 1 is 1.27 bits per heavy atom. The van der Waals surface area contributed by atoms with Crippen molar-refractivity contribution in [1.29, 1.82) is 0 Å². The van der Waals surface area contributed by atoms with Crippen LogP contribution in [-0.4, -0.2) is 28.1 Å². The third kappa shape index (κ3) is 4.19. The molecule has 0 aromatic carbocycles. The molecule has 0 bridgehead atoms. The van der Waals surface area contributed by atoms with E-state index in [1.54, 1.807) is 0 Å². The summed E-state index contributed by atoms with van der Waals surface area (Å²) in [6.07, 6.45) is 1.34. The number of aromatic nitrogens is 1. The van der Waals surface area contributed by atoms with E-state index in [9.17, 15) is 23.1 Å². The Balaban J connectivity index is 2.07. The average Bonchev–Trinajstić information content (AvgIpc) is 2.69. The lowest BCUT2D eigenvalue weighted by Crippen LogP contribution is -2.43. The monoisotopic (exact) mass is 316 g/mol. The van der Waals surface area contributed by atoms with E-state index in [4.69, 9.17) is 0 Å². The second kappa shape index (κ2) is 6.64. The Hall–Kier alpha value is -1.63. The Kier molecular flexibility index (Phi) is 5.05. The van der Waals surface area contributed by atoms with Gasteiger partial charge in [-0.25, -0.2) is 0 Å². The van der Waals surface area contributed by atoms with Crippen LogP contribution in [0.1, 0.15) is 54.6 Å². The smallest absolute Gasteiger partial charge is 0.388 e. The fourth-order valence-corrected chi connectivity index (χ4v) is 2.71. The largest absolute Gasteiger partial charge is 0.418 e. The lowest BCUT2D eigenvalue weighted by atomic mass is 9.94. The lowest BCUT2D eigenvalue weighted by molar-refractivity contribution is -0.138. The van der Waals surface area contributed by atoms with Crippen molar-refractivity contribution in [2.75, 3.05) is 6.54 Å². The quantitative estimate of drug-likeness (QED) is 0.843. The molecule has 0 saturated heterocycles. The van der Waals surface area contributed by atoms with E-state index in [0.717, 1.165) is 44.0 Å². The van der Waals surface area contributed by atoms with Gasteiger partial charge in [0.15, 0.2) is 0 Å². The van der Waals surface area contributed by atoms with Crippen LogP contribution >= 0.6 is 0 Å². The first-order valence-corrected chi connectivity index (χ1v) is 7.35. The molecule has 2 N–H and O–H groups in total. The van der Waals surface area contributed by atoms with E-state index < -0.39 is 28.9 Å². The van der Waals surface area contributed by atoms with Gasteiger partial charge in [0.25, 0.3) is 5.91 Å². The fourth-order valence-electron chi connectivity index (χ4n) is 2.71. The highest BCUT2D eigenvalue weighted by molar-refractivity contribution is 5.93. The molecular formula is C15H19F3N2O2. The van der Waals surface area contributed by atoms with E-state index in [-0.39, 0.29) is 6.54 Å². The Labute approximate surface area is 126 Å². The first kappa shape index (κ1) is 16.7. The zero-order chi connectivity index (χ0) is 16.2. The molecule has 1 saturated carbocycles. The van der Waals surface area contributed by atoms with Crippen molar-refractivity contribution >= 4 is 5.91 Å². The summed E-state index contributed by atoms with van der Waals surface area (Å²) in [5, 5.41) is 12.8. The Bertz CT molecular complexity index is 524. The number of hydrogen-bond acceptors (Lipinski definition) is 3. The average molecular weight is 316 g/mol. The predicted molar refractivity (Wildman–Crippen MR) is 74.2 cm³/mol. The number of alkyl halides is 3. The van der Waals surface area contributed by atoms with Crippen LogP contribution in [0.2, 0.25) is 0 Å². The van der Waals surface area contributed by atoms with E-state index in [1.807, 2.05) is 0 Å². The molecule has 1 aliphatic rings. The molecule has 1 heterocycles. The topological polar surface area (TPSA) is 62.2 Å². The highest BCUT2D eigenvalue weighted by atomic mass is 19.4. The van der Waals surface area contributed by atoms with Gasteiger partial charge in [-0.1, -0.05) is 25.7 Å². The van der Waals surface area contributed by atoms with Gasteiger partial charge in [-0.05, 0) is 25.0 Å². The summed E-state index contributed by atoms with van der Waals surface area (Å²) < 4.78 is 38.6. The van der Waals surface area contributed by atoms with Gasteiger partial charge in [0.05, 0.1) is 11.2 Å². The number of amides is 1. The minimum absolute atomic E-state index is 0.0558. The maximum Gasteiger partial charge on any atom is 0.418 e. The SMILES string of the molecule is O=C(NCC1(O)CCCCCC1)c1ncccc1C(F)(F)F. The standard InChI is InChI=1S/C15H19F3N2O2/c16-15(17,18)11-6-5-9-19-12(11)13(21)20-10-14(22)7-3-1-2-4-8-14/h5-6,9,22H,1-4,7-8,10H2,(H,20,21). The summed E-state index contributed by atoms with van der Waals surface area (Å²) in [5.41, 5.74) is -2.77. The molecule has 2 rings (SSSR count). The van der Waals surface area contributed by atoms with Crippen LogP contribution in [0, 0.1) is 0 Å². The lowest BCUT2D eigenvalue weighted by Gasteiger charge is -2.26. The van der Waals surface area contributed by atoms with Crippen LogP contribution < -0.4 is 5.32 Å². The molecule has 0 spiro atoms. The van der Waals surface area contributed by atoms with E-state index in [1.165, 1.54) is 0 Å². The van der Waals surface area contributed by atoms with Crippen molar-refractivity contribution in [2.24, 2.45) is 0 Å². The Morgan fingerprint density at radius 2 is 1.91 bits per heavy atom. The van der Waals surface area contributed by atoms with E-state index >= 15 is 0 Å². The van der Waals surface area contributed by atoms with Crippen molar-refractivity contribution < 1.29 is 23.1 Å². The van der Waals surface area contributed by atoms with E-state index in [0.29, 0.717) is 12.8 Å². The Morgan fingerprint density at radius 3 is 2.50 bits per heavy atom. The van der Waals surface area contributed by atoms with Gasteiger partial charge in [-0.3, -0.25) is 9.78 Å². The van der Waals surface area contributed by atoms with Gasteiger partial charge < -0.3 is 10.4 Å². The van der Waals surface area contributed by atoms with Crippen LogP contribution in [0.3, 0.4) is 0 Å². The fraction of sp³-hybridized carbons (Fsp3) is 0.600. The number of halogens is 3. The van der Waals surface area contributed by atoms with Gasteiger partial charge >= 0.3 is 6.18 Å². The van der Waals surface area contributed by atoms with Crippen molar-refractivity contribution in [2.45, 2.75) is 50.3 Å². The van der Waals surface area contributed by atoms with Crippen molar-refractivity contribution in [3.05, 3.63) is 29.6 Å². The maximum atomic E-state index is 12.9. The molecule has 4 nitrogen and oxygen atoms in total. The summed E-state index contributed by atoms with van der Waals surface area (Å²) in [6.45, 7) is -0.0558. The molecule has 0 radical (unpaired) electrons. The van der Waals surface area contributed by atoms with E-state index in [2.05, 4.69) is 10.3 Å². The number of hydrogen-bond donors (Lipinski definition) is 2. The van der Waals surface area contributed by atoms with Gasteiger partial charge in [-0.2, -0.15) is 13.2 Å². The number of pyridine rings is 1. The minimum Gasteiger partial charge on any atom is -0.388 e. The molecule has 1 aromatic heterocycles. The summed E-state index contributed by atoms with van der Waals surface area (Å²) in [6, 6.07) is 1.96. The summed E-state index contributed by atoms with van der Waals surface area (Å²) in [7, 11) is 0. The normalized spacial score (nSPS) is 18.5. The first-order chi connectivity index (χ1) is 10.3. The second-order valence-electron chi connectivity index (χ2n) is 5.72. The summed E-state index contributed by atoms with van der Waals surface area (Å²) >= 11 is 0. The molecule has 22 heavy (non-hydrogen) atoms. The second-order valence-corrected chi connectivity index (χ2v) is 5.72. The number of nitrogens with one attached hydrogen (secondary N) is 1. The summed E-state index contributed by atoms with van der Waals surface area (Å²) in [4.78, 5) is 15.5. The molecule has 0 unspecified atom stereocenters. The molecule has 0 atom stereocenters. The van der Waals surface area contributed by atoms with Crippen molar-refractivity contribution in [3.8, 4) is 0 Å². The third-order valence-corrected chi connectivity index (χ3v) is 3.94. The van der Waals surface area contributed by atoms with Crippen LogP contribution in [-0.2, 0) is 6.18 Å². The number of rotatable bonds is 3. The van der Waals surface area contributed by atoms with Gasteiger partial charge in [0, 0.05) is 12.7 Å². The first-order valence-electron chi connectivity index (χ1n) is 7.35. The van der Waals surface area contributed by atoms with Crippen LogP contribution in [0.25, 0.3) is 0 Å². The number of aliphatic hydroxyl groups is 1.